The van der Waals surface area contributed by atoms with Crippen LogP contribution in [-0.4, -0.2) is 18.5 Å². The monoisotopic (exact) mass is 336 g/mol. The van der Waals surface area contributed by atoms with Gasteiger partial charge in [-0.1, -0.05) is 6.07 Å². The van der Waals surface area contributed by atoms with Gasteiger partial charge in [0.1, 0.15) is 0 Å². The highest BCUT2D eigenvalue weighted by molar-refractivity contribution is 5.90. The van der Waals surface area contributed by atoms with Crippen molar-refractivity contribution in [3.05, 3.63) is 29.3 Å². The number of carbonyl (C=O) groups excluding carboxylic acids is 1. The summed E-state index contributed by atoms with van der Waals surface area (Å²) >= 11 is 0. The number of halogens is 4. The van der Waals surface area contributed by atoms with E-state index in [1.807, 2.05) is 0 Å². The van der Waals surface area contributed by atoms with Gasteiger partial charge in [0, 0.05) is 18.2 Å². The number of benzene rings is 1. The molecular weight excluding hydrogens is 317 g/mol. The van der Waals surface area contributed by atoms with E-state index in [-0.39, 0.29) is 29.6 Å². The van der Waals surface area contributed by atoms with Gasteiger partial charge in [-0.25, -0.2) is 0 Å². The van der Waals surface area contributed by atoms with Crippen LogP contribution in [0.2, 0.25) is 0 Å². The lowest BCUT2D eigenvalue weighted by Crippen LogP contribution is -2.23. The smallest absolute Gasteiger partial charge is 0.326 e. The van der Waals surface area contributed by atoms with Crippen molar-refractivity contribution in [3.63, 3.8) is 0 Å². The summed E-state index contributed by atoms with van der Waals surface area (Å²) in [6, 6.07) is 4.20. The largest absolute Gasteiger partial charge is 0.416 e. The molecule has 1 aliphatic rings. The highest BCUT2D eigenvalue weighted by atomic mass is 35.5. The third-order valence-electron chi connectivity index (χ3n) is 3.71. The molecule has 1 aromatic rings. The normalized spacial score (nSPS) is 17.9. The predicted octanol–water partition coefficient (Wildman–Crippen LogP) is 3.91. The molecule has 1 amide bonds. The fourth-order valence-corrected chi connectivity index (χ4v) is 2.54. The van der Waals surface area contributed by atoms with E-state index in [4.69, 9.17) is 0 Å². The number of anilines is 1. The highest BCUT2D eigenvalue weighted by Gasteiger charge is 2.32. The summed E-state index contributed by atoms with van der Waals surface area (Å²) in [6.45, 7) is 2.37. The number of hydrogen-bond donors (Lipinski definition) is 2. The van der Waals surface area contributed by atoms with Gasteiger partial charge in [0.15, 0.2) is 0 Å². The molecular formula is C15H20ClF3N2O. The van der Waals surface area contributed by atoms with Crippen molar-refractivity contribution in [3.8, 4) is 0 Å². The quantitative estimate of drug-likeness (QED) is 0.875. The van der Waals surface area contributed by atoms with Crippen molar-refractivity contribution in [1.82, 2.24) is 5.32 Å². The Bertz CT molecular complexity index is 514. The second kappa shape index (κ2) is 7.83. The number of carbonyl (C=O) groups is 1. The fourth-order valence-electron chi connectivity index (χ4n) is 2.54. The first-order valence-electron chi connectivity index (χ1n) is 7.07. The van der Waals surface area contributed by atoms with Gasteiger partial charge in [-0.15, -0.1) is 12.4 Å². The Kier molecular flexibility index (Phi) is 6.68. The molecule has 124 valence electrons. The SMILES string of the molecule is Cc1ccc(NC(=O)CCC2CCCN2)cc1C(F)(F)F.Cl. The van der Waals surface area contributed by atoms with Crippen LogP contribution in [0, 0.1) is 6.92 Å². The molecule has 0 aromatic heterocycles. The van der Waals surface area contributed by atoms with Crippen LogP contribution in [0.4, 0.5) is 18.9 Å². The van der Waals surface area contributed by atoms with Crippen molar-refractivity contribution in [2.75, 3.05) is 11.9 Å². The zero-order valence-corrected chi connectivity index (χ0v) is 13.1. The number of amides is 1. The van der Waals surface area contributed by atoms with E-state index in [2.05, 4.69) is 10.6 Å². The van der Waals surface area contributed by atoms with Gasteiger partial charge in [-0.05, 0) is 50.4 Å². The second-order valence-electron chi connectivity index (χ2n) is 5.41. The molecule has 22 heavy (non-hydrogen) atoms. The number of rotatable bonds is 4. The fraction of sp³-hybridized carbons (Fsp3) is 0.533. The maximum absolute atomic E-state index is 12.8. The van der Waals surface area contributed by atoms with Crippen LogP contribution in [0.3, 0.4) is 0 Å². The topological polar surface area (TPSA) is 41.1 Å². The van der Waals surface area contributed by atoms with Crippen molar-refractivity contribution in [2.45, 2.75) is 44.8 Å². The maximum atomic E-state index is 12.8. The van der Waals surface area contributed by atoms with Gasteiger partial charge < -0.3 is 10.6 Å². The molecule has 0 radical (unpaired) electrons. The zero-order chi connectivity index (χ0) is 15.5. The highest BCUT2D eigenvalue weighted by Crippen LogP contribution is 2.33. The standard InChI is InChI=1S/C15H19F3N2O.ClH/c1-10-4-5-12(9-13(10)15(16,17)18)20-14(21)7-6-11-3-2-8-19-11;/h4-5,9,11,19H,2-3,6-8H2,1H3,(H,20,21);1H. The van der Waals surface area contributed by atoms with E-state index in [0.717, 1.165) is 25.5 Å². The Balaban J connectivity index is 0.00000242. The molecule has 2 N–H and O–H groups in total. The van der Waals surface area contributed by atoms with E-state index in [9.17, 15) is 18.0 Å². The van der Waals surface area contributed by atoms with Gasteiger partial charge in [-0.2, -0.15) is 13.2 Å². The van der Waals surface area contributed by atoms with Gasteiger partial charge >= 0.3 is 6.18 Å². The van der Waals surface area contributed by atoms with Crippen molar-refractivity contribution in [2.24, 2.45) is 0 Å². The molecule has 1 aliphatic heterocycles. The molecule has 0 bridgehead atoms. The average molecular weight is 337 g/mol. The van der Waals surface area contributed by atoms with Gasteiger partial charge in [0.05, 0.1) is 5.56 Å². The molecule has 2 rings (SSSR count). The van der Waals surface area contributed by atoms with Crippen molar-refractivity contribution in [1.29, 1.82) is 0 Å². The van der Waals surface area contributed by atoms with Crippen LogP contribution in [-0.2, 0) is 11.0 Å². The summed E-state index contributed by atoms with van der Waals surface area (Å²) in [5, 5.41) is 5.82. The van der Waals surface area contributed by atoms with E-state index >= 15 is 0 Å². The van der Waals surface area contributed by atoms with E-state index in [0.29, 0.717) is 18.9 Å². The zero-order valence-electron chi connectivity index (χ0n) is 12.3. The molecule has 7 heteroatoms. The van der Waals surface area contributed by atoms with Crippen LogP contribution in [0.15, 0.2) is 18.2 Å². The third-order valence-corrected chi connectivity index (χ3v) is 3.71. The first kappa shape index (κ1) is 18.8. The minimum Gasteiger partial charge on any atom is -0.326 e. The van der Waals surface area contributed by atoms with Crippen LogP contribution in [0.1, 0.15) is 36.8 Å². The second-order valence-corrected chi connectivity index (χ2v) is 5.41. The number of alkyl halides is 3. The molecule has 1 heterocycles. The Morgan fingerprint density at radius 3 is 2.73 bits per heavy atom. The molecule has 1 unspecified atom stereocenters. The predicted molar refractivity (Wildman–Crippen MR) is 82.3 cm³/mol. The Labute approximate surface area is 134 Å². The lowest BCUT2D eigenvalue weighted by atomic mass is 10.1. The molecule has 0 spiro atoms. The summed E-state index contributed by atoms with van der Waals surface area (Å²) in [5.74, 6) is -0.249. The van der Waals surface area contributed by atoms with Gasteiger partial charge in [0.25, 0.3) is 0 Å². The van der Waals surface area contributed by atoms with Crippen molar-refractivity contribution < 1.29 is 18.0 Å². The number of aryl methyl sites for hydroxylation is 1. The molecule has 1 aromatic carbocycles. The number of hydrogen-bond acceptors (Lipinski definition) is 2. The lowest BCUT2D eigenvalue weighted by molar-refractivity contribution is -0.138. The summed E-state index contributed by atoms with van der Waals surface area (Å²) in [6.07, 6.45) is -1.22. The van der Waals surface area contributed by atoms with E-state index in [1.54, 1.807) is 0 Å². The van der Waals surface area contributed by atoms with Gasteiger partial charge in [-0.3, -0.25) is 4.79 Å². The van der Waals surface area contributed by atoms with Gasteiger partial charge in [0.2, 0.25) is 5.91 Å². The van der Waals surface area contributed by atoms with Crippen molar-refractivity contribution >= 4 is 24.0 Å². The molecule has 1 fully saturated rings. The Morgan fingerprint density at radius 1 is 1.41 bits per heavy atom. The van der Waals surface area contributed by atoms with E-state index in [1.165, 1.54) is 19.1 Å². The minimum absolute atomic E-state index is 0. The molecule has 1 atom stereocenters. The Hall–Kier alpha value is -1.27. The molecule has 0 aliphatic carbocycles. The first-order chi connectivity index (χ1) is 9.86. The molecule has 0 saturated carbocycles. The van der Waals surface area contributed by atoms with E-state index < -0.39 is 11.7 Å². The summed E-state index contributed by atoms with van der Waals surface area (Å²) < 4.78 is 38.4. The first-order valence-corrected chi connectivity index (χ1v) is 7.07. The third kappa shape index (κ3) is 5.18. The Morgan fingerprint density at radius 2 is 2.14 bits per heavy atom. The summed E-state index contributed by atoms with van der Waals surface area (Å²) in [5.41, 5.74) is -0.370. The summed E-state index contributed by atoms with van der Waals surface area (Å²) in [4.78, 5) is 11.8. The van der Waals surface area contributed by atoms with Crippen LogP contribution in [0.5, 0.6) is 0 Å². The average Bonchev–Trinajstić information content (AvgIpc) is 2.90. The summed E-state index contributed by atoms with van der Waals surface area (Å²) in [7, 11) is 0. The maximum Gasteiger partial charge on any atom is 0.416 e. The lowest BCUT2D eigenvalue weighted by Gasteiger charge is -2.13. The minimum atomic E-state index is -4.40. The van der Waals surface area contributed by atoms with Crippen LogP contribution >= 0.6 is 12.4 Å². The molecule has 1 saturated heterocycles. The van der Waals surface area contributed by atoms with Crippen LogP contribution < -0.4 is 10.6 Å². The van der Waals surface area contributed by atoms with Crippen LogP contribution in [0.25, 0.3) is 0 Å². The molecule has 3 nitrogen and oxygen atoms in total. The number of nitrogens with one attached hydrogen (secondary N) is 2.